The molecule has 2 heterocycles. The summed E-state index contributed by atoms with van der Waals surface area (Å²) in [7, 11) is 0. The van der Waals surface area contributed by atoms with Crippen molar-refractivity contribution in [3.05, 3.63) is 89.9 Å². The maximum absolute atomic E-state index is 12.8. The van der Waals surface area contributed by atoms with Gasteiger partial charge in [-0.15, -0.1) is 0 Å². The standard InChI is InChI=1S/C22H18N2O3/c1-15-21(22(25)24-17-8-5-11-23-13-17)19-12-18(9-10-20(19)27-15)26-14-16-6-3-2-4-7-16/h2-13H,14H2,1H3,(H,24,25). The molecule has 0 fully saturated rings. The molecule has 1 N–H and O–H groups in total. The van der Waals surface area contributed by atoms with Gasteiger partial charge in [-0.3, -0.25) is 9.78 Å². The van der Waals surface area contributed by atoms with Crippen molar-refractivity contribution in [1.29, 1.82) is 0 Å². The molecule has 0 unspecified atom stereocenters. The third kappa shape index (κ3) is 3.67. The van der Waals surface area contributed by atoms with Crippen molar-refractivity contribution in [2.45, 2.75) is 13.5 Å². The quantitative estimate of drug-likeness (QED) is 0.547. The first-order chi connectivity index (χ1) is 13.2. The van der Waals surface area contributed by atoms with Crippen LogP contribution in [0.1, 0.15) is 21.7 Å². The number of anilines is 1. The SMILES string of the molecule is Cc1oc2ccc(OCc3ccccc3)cc2c1C(=O)Nc1cccnc1. The number of furan rings is 1. The van der Waals surface area contributed by atoms with Crippen LogP contribution in [0.15, 0.2) is 77.5 Å². The predicted octanol–water partition coefficient (Wildman–Crippen LogP) is 4.97. The van der Waals surface area contributed by atoms with Crippen molar-refractivity contribution in [1.82, 2.24) is 4.98 Å². The third-order valence-electron chi connectivity index (χ3n) is 4.23. The molecule has 0 spiro atoms. The molecule has 27 heavy (non-hydrogen) atoms. The van der Waals surface area contributed by atoms with Crippen LogP contribution in [0.5, 0.6) is 5.75 Å². The lowest BCUT2D eigenvalue weighted by Crippen LogP contribution is -2.12. The molecule has 2 aromatic heterocycles. The van der Waals surface area contributed by atoms with E-state index >= 15 is 0 Å². The molecule has 0 saturated carbocycles. The lowest BCUT2D eigenvalue weighted by Gasteiger charge is -2.07. The average molecular weight is 358 g/mol. The molecule has 1 amide bonds. The number of amides is 1. The molecule has 5 heteroatoms. The van der Waals surface area contributed by atoms with Gasteiger partial charge < -0.3 is 14.5 Å². The van der Waals surface area contributed by atoms with Gasteiger partial charge in [-0.1, -0.05) is 30.3 Å². The molecule has 0 saturated heterocycles. The summed E-state index contributed by atoms with van der Waals surface area (Å²) < 4.78 is 11.6. The van der Waals surface area contributed by atoms with Crippen molar-refractivity contribution in [2.24, 2.45) is 0 Å². The van der Waals surface area contributed by atoms with E-state index in [0.717, 1.165) is 10.9 Å². The van der Waals surface area contributed by atoms with E-state index in [1.807, 2.05) is 48.5 Å². The second-order valence-electron chi connectivity index (χ2n) is 6.16. The number of benzene rings is 2. The van der Waals surface area contributed by atoms with Crippen LogP contribution in [0.4, 0.5) is 5.69 Å². The topological polar surface area (TPSA) is 64.4 Å². The van der Waals surface area contributed by atoms with Crippen LogP contribution in [-0.2, 0) is 6.61 Å². The van der Waals surface area contributed by atoms with E-state index in [9.17, 15) is 4.79 Å². The van der Waals surface area contributed by atoms with Crippen LogP contribution in [-0.4, -0.2) is 10.9 Å². The van der Waals surface area contributed by atoms with Crippen molar-refractivity contribution in [3.8, 4) is 5.75 Å². The van der Waals surface area contributed by atoms with Gasteiger partial charge in [0.15, 0.2) is 0 Å². The van der Waals surface area contributed by atoms with Crippen LogP contribution in [0.3, 0.4) is 0 Å². The first-order valence-electron chi connectivity index (χ1n) is 8.62. The normalized spacial score (nSPS) is 10.7. The Balaban J connectivity index is 1.60. The smallest absolute Gasteiger partial charge is 0.259 e. The number of hydrogen-bond donors (Lipinski definition) is 1. The summed E-state index contributed by atoms with van der Waals surface area (Å²) in [6, 6.07) is 19.0. The Morgan fingerprint density at radius 2 is 1.96 bits per heavy atom. The highest BCUT2D eigenvalue weighted by molar-refractivity contribution is 6.13. The van der Waals surface area contributed by atoms with Crippen LogP contribution < -0.4 is 10.1 Å². The molecule has 2 aromatic carbocycles. The number of ether oxygens (including phenoxy) is 1. The second-order valence-corrected chi connectivity index (χ2v) is 6.16. The average Bonchev–Trinajstić information content (AvgIpc) is 3.03. The lowest BCUT2D eigenvalue weighted by molar-refractivity contribution is 0.102. The van der Waals surface area contributed by atoms with E-state index in [2.05, 4.69) is 10.3 Å². The number of rotatable bonds is 5. The number of carbonyl (C=O) groups excluding carboxylic acids is 1. The highest BCUT2D eigenvalue weighted by Gasteiger charge is 2.19. The highest BCUT2D eigenvalue weighted by atomic mass is 16.5. The maximum atomic E-state index is 12.8. The number of aromatic nitrogens is 1. The fourth-order valence-electron chi connectivity index (χ4n) is 2.94. The first kappa shape index (κ1) is 16.8. The number of nitrogens with zero attached hydrogens (tertiary/aromatic N) is 1. The third-order valence-corrected chi connectivity index (χ3v) is 4.23. The Morgan fingerprint density at radius 3 is 2.74 bits per heavy atom. The Morgan fingerprint density at radius 1 is 1.11 bits per heavy atom. The van der Waals surface area contributed by atoms with Crippen molar-refractivity contribution in [2.75, 3.05) is 5.32 Å². The summed E-state index contributed by atoms with van der Waals surface area (Å²) in [6.45, 7) is 2.24. The molecule has 0 atom stereocenters. The van der Waals surface area contributed by atoms with Crippen LogP contribution in [0, 0.1) is 6.92 Å². The zero-order chi connectivity index (χ0) is 18.6. The summed E-state index contributed by atoms with van der Waals surface area (Å²) in [6.07, 6.45) is 3.26. The molecule has 4 rings (SSSR count). The van der Waals surface area contributed by atoms with Gasteiger partial charge in [0.25, 0.3) is 5.91 Å². The van der Waals surface area contributed by atoms with E-state index in [1.165, 1.54) is 0 Å². The highest BCUT2D eigenvalue weighted by Crippen LogP contribution is 2.30. The summed E-state index contributed by atoms with van der Waals surface area (Å²) in [4.78, 5) is 16.8. The Hall–Kier alpha value is -3.60. The van der Waals surface area contributed by atoms with E-state index in [4.69, 9.17) is 9.15 Å². The summed E-state index contributed by atoms with van der Waals surface area (Å²) in [5.41, 5.74) is 2.86. The lowest BCUT2D eigenvalue weighted by atomic mass is 10.1. The maximum Gasteiger partial charge on any atom is 0.259 e. The minimum atomic E-state index is -0.237. The van der Waals surface area contributed by atoms with Gasteiger partial charge in [0.05, 0.1) is 17.4 Å². The molecule has 0 aliphatic heterocycles. The van der Waals surface area contributed by atoms with Gasteiger partial charge in [0.2, 0.25) is 0 Å². The number of hydrogen-bond acceptors (Lipinski definition) is 4. The second kappa shape index (κ2) is 7.33. The zero-order valence-corrected chi connectivity index (χ0v) is 14.8. The van der Waals surface area contributed by atoms with Crippen molar-refractivity contribution >= 4 is 22.6 Å². The molecule has 0 aliphatic rings. The van der Waals surface area contributed by atoms with E-state index < -0.39 is 0 Å². The largest absolute Gasteiger partial charge is 0.489 e. The minimum Gasteiger partial charge on any atom is -0.489 e. The number of nitrogens with one attached hydrogen (secondary N) is 1. The molecular formula is C22H18N2O3. The molecule has 4 aromatic rings. The Kier molecular flexibility index (Phi) is 4.58. The van der Waals surface area contributed by atoms with Gasteiger partial charge in [0, 0.05) is 11.6 Å². The van der Waals surface area contributed by atoms with Crippen LogP contribution in [0.25, 0.3) is 11.0 Å². The Bertz CT molecular complexity index is 1070. The predicted molar refractivity (Wildman–Crippen MR) is 104 cm³/mol. The molecule has 134 valence electrons. The van der Waals surface area contributed by atoms with Crippen molar-refractivity contribution < 1.29 is 13.9 Å². The van der Waals surface area contributed by atoms with Gasteiger partial charge in [-0.05, 0) is 42.8 Å². The summed E-state index contributed by atoms with van der Waals surface area (Å²) in [5.74, 6) is 1.01. The summed E-state index contributed by atoms with van der Waals surface area (Å²) >= 11 is 0. The van der Waals surface area contributed by atoms with Gasteiger partial charge in [-0.2, -0.15) is 0 Å². The van der Waals surface area contributed by atoms with Crippen molar-refractivity contribution in [3.63, 3.8) is 0 Å². The first-order valence-corrected chi connectivity index (χ1v) is 8.62. The van der Waals surface area contributed by atoms with Crippen LogP contribution in [0.2, 0.25) is 0 Å². The molecule has 0 bridgehead atoms. The zero-order valence-electron chi connectivity index (χ0n) is 14.8. The van der Waals surface area contributed by atoms with Gasteiger partial charge >= 0.3 is 0 Å². The Labute approximate surface area is 156 Å². The van der Waals surface area contributed by atoms with Gasteiger partial charge in [-0.25, -0.2) is 0 Å². The minimum absolute atomic E-state index is 0.237. The summed E-state index contributed by atoms with van der Waals surface area (Å²) in [5, 5.41) is 3.57. The van der Waals surface area contributed by atoms with E-state index in [-0.39, 0.29) is 5.91 Å². The fraction of sp³-hybridized carbons (Fsp3) is 0.0909. The molecule has 0 aliphatic carbocycles. The number of carbonyl (C=O) groups is 1. The van der Waals surface area contributed by atoms with E-state index in [0.29, 0.717) is 35.0 Å². The number of aryl methyl sites for hydroxylation is 1. The number of pyridine rings is 1. The van der Waals surface area contributed by atoms with Gasteiger partial charge in [0.1, 0.15) is 23.7 Å². The molecule has 0 radical (unpaired) electrons. The monoisotopic (exact) mass is 358 g/mol. The molecule has 5 nitrogen and oxygen atoms in total. The fourth-order valence-corrected chi connectivity index (χ4v) is 2.94. The number of fused-ring (bicyclic) bond motifs is 1. The molecular weight excluding hydrogens is 340 g/mol. The van der Waals surface area contributed by atoms with Crippen LogP contribution >= 0.6 is 0 Å². The van der Waals surface area contributed by atoms with E-state index in [1.54, 1.807) is 31.5 Å².